The van der Waals surface area contributed by atoms with Crippen molar-refractivity contribution in [3.8, 4) is 0 Å². The van der Waals surface area contributed by atoms with Gasteiger partial charge in [-0.1, -0.05) is 5.64 Å². The average Bonchev–Trinajstić information content (AvgIpc) is 2.82. The molecule has 1 saturated heterocycles. The quantitative estimate of drug-likeness (QED) is 0.220. The first-order chi connectivity index (χ1) is 8.99. The number of rotatable bonds is 3. The summed E-state index contributed by atoms with van der Waals surface area (Å²) in [7, 11) is 0. The van der Waals surface area contributed by atoms with E-state index in [1.54, 1.807) is 5.12 Å². The van der Waals surface area contributed by atoms with Gasteiger partial charge in [0.1, 0.15) is 0 Å². The summed E-state index contributed by atoms with van der Waals surface area (Å²) in [6, 6.07) is 0. The second-order valence-corrected chi connectivity index (χ2v) is 5.13. The fourth-order valence-electron chi connectivity index (χ4n) is 1.14. The standard InChI is InChI=1S/C5H11N5O2S4.Mo.2O/c11-7-12-10(5(15)16)9(4(13)14)8-3-1-2-6-8;;;/h6-7,11H,1-3H2,(H,13,14)(H,15,16);;;/q;+2;;/p-2. The van der Waals surface area contributed by atoms with E-state index >= 15 is 0 Å². The molecule has 14 heteroatoms. The molecule has 108 valence electrons. The van der Waals surface area contributed by atoms with Crippen molar-refractivity contribution in [1.29, 1.82) is 0 Å². The molecular weight excluding hydrogens is 418 g/mol. The average molecular weight is 427 g/mol. The summed E-state index contributed by atoms with van der Waals surface area (Å²) < 4.78 is 17.0. The van der Waals surface area contributed by atoms with Crippen LogP contribution in [0.4, 0.5) is 0 Å². The van der Waals surface area contributed by atoms with Crippen molar-refractivity contribution >= 4 is 58.3 Å². The Balaban J connectivity index is 0.000000982. The molecule has 1 fully saturated rings. The molecule has 1 aliphatic heterocycles. The topological polar surface area (TPSA) is 97.4 Å². The molecular formula is C5H9MoN5O4S4. The molecule has 0 unspecified atom stereocenters. The van der Waals surface area contributed by atoms with Gasteiger partial charge in [0.15, 0.2) is 0 Å². The third kappa shape index (κ3) is 7.04. The van der Waals surface area contributed by atoms with Crippen LogP contribution in [0.25, 0.3) is 0 Å². The van der Waals surface area contributed by atoms with Crippen LogP contribution in [0.15, 0.2) is 0 Å². The van der Waals surface area contributed by atoms with Crippen LogP contribution in [0.1, 0.15) is 6.42 Å². The van der Waals surface area contributed by atoms with Crippen molar-refractivity contribution < 1.29 is 35.4 Å². The Morgan fingerprint density at radius 2 is 2.00 bits per heavy atom. The van der Waals surface area contributed by atoms with Crippen molar-refractivity contribution in [2.75, 3.05) is 13.1 Å². The molecule has 0 atom stereocenters. The molecule has 1 heterocycles. The third-order valence-corrected chi connectivity index (χ3v) is 2.33. The van der Waals surface area contributed by atoms with Gasteiger partial charge in [-0.15, -0.1) is 15.2 Å². The number of hydrazine groups is 3. The van der Waals surface area contributed by atoms with E-state index in [0.717, 1.165) is 18.1 Å². The molecule has 19 heavy (non-hydrogen) atoms. The molecule has 9 nitrogen and oxygen atoms in total. The minimum absolute atomic E-state index is 0.0526. The van der Waals surface area contributed by atoms with E-state index in [9.17, 15) is 0 Å². The number of hydroxylamine groups is 1. The van der Waals surface area contributed by atoms with Crippen LogP contribution in [0.5, 0.6) is 0 Å². The number of nitrogens with one attached hydrogen (secondary N) is 2. The number of thiocarbonyl (C=S) groups is 2. The molecule has 0 aliphatic carbocycles. The Morgan fingerprint density at radius 3 is 2.32 bits per heavy atom. The summed E-state index contributed by atoms with van der Waals surface area (Å²) in [5.41, 5.74) is 4.48. The molecule has 0 aromatic rings. The van der Waals surface area contributed by atoms with Gasteiger partial charge < -0.3 is 49.7 Å². The van der Waals surface area contributed by atoms with Gasteiger partial charge in [-0.3, -0.25) is 5.21 Å². The Bertz CT molecular complexity index is 350. The molecule has 1 rings (SSSR count). The Labute approximate surface area is 139 Å². The monoisotopic (exact) mass is 429 g/mol. The van der Waals surface area contributed by atoms with E-state index in [1.807, 2.05) is 0 Å². The maximum atomic E-state index is 8.50. The molecule has 0 radical (unpaired) electrons. The normalized spacial score (nSPS) is 13.9. The van der Waals surface area contributed by atoms with Crippen LogP contribution in [0.2, 0.25) is 0 Å². The molecule has 0 aromatic heterocycles. The Hall–Kier alpha value is 0.308. The molecule has 3 N–H and O–H groups in total. The second-order valence-electron chi connectivity index (χ2n) is 2.73. The van der Waals surface area contributed by atoms with Crippen molar-refractivity contribution in [2.24, 2.45) is 0 Å². The summed E-state index contributed by atoms with van der Waals surface area (Å²) in [5.74, 6) is 0. The zero-order valence-corrected chi connectivity index (χ0v) is 14.4. The van der Waals surface area contributed by atoms with Crippen LogP contribution in [-0.4, -0.2) is 42.3 Å². The molecule has 0 spiro atoms. The van der Waals surface area contributed by atoms with Gasteiger partial charge in [-0.05, 0) is 15.1 Å². The Kier molecular flexibility index (Phi) is 11.2. The summed E-state index contributed by atoms with van der Waals surface area (Å²) in [5, 5.41) is 12.2. The van der Waals surface area contributed by atoms with Crippen LogP contribution >= 0.6 is 24.4 Å². The summed E-state index contributed by atoms with van der Waals surface area (Å²) in [6.07, 6.45) is 0.916. The third-order valence-electron chi connectivity index (χ3n) is 1.69. The number of hydrogen-bond acceptors (Lipinski definition) is 11. The zero-order valence-electron chi connectivity index (χ0n) is 9.18. The van der Waals surface area contributed by atoms with E-state index in [1.165, 1.54) is 10.8 Å². The molecule has 0 saturated carbocycles. The molecule has 0 aromatic carbocycles. The molecule has 1 aliphatic rings. The predicted molar refractivity (Wildman–Crippen MR) is 70.3 cm³/mol. The van der Waals surface area contributed by atoms with E-state index in [4.69, 9.17) is 61.7 Å². The van der Waals surface area contributed by atoms with Gasteiger partial charge in [0.2, 0.25) is 0 Å². The van der Waals surface area contributed by atoms with Crippen LogP contribution < -0.4 is 11.1 Å². The maximum absolute atomic E-state index is 8.50. The number of nitrogens with zero attached hydrogens (tertiary/aromatic N) is 3. The fourth-order valence-corrected chi connectivity index (χ4v) is 1.72. The first-order valence-corrected chi connectivity index (χ1v) is 7.77. The van der Waals surface area contributed by atoms with Crippen LogP contribution in [0.3, 0.4) is 0 Å². The van der Waals surface area contributed by atoms with Gasteiger partial charge in [0, 0.05) is 13.1 Å². The summed E-state index contributed by atoms with van der Waals surface area (Å²) in [4.78, 5) is 4.62. The van der Waals surface area contributed by atoms with Crippen LogP contribution in [0, 0.1) is 0 Å². The van der Waals surface area contributed by atoms with Crippen molar-refractivity contribution in [1.82, 2.24) is 26.5 Å². The van der Waals surface area contributed by atoms with E-state index < -0.39 is 18.5 Å². The van der Waals surface area contributed by atoms with Crippen molar-refractivity contribution in [3.63, 3.8) is 0 Å². The zero-order chi connectivity index (χ0) is 14.8. The molecule has 0 bridgehead atoms. The van der Waals surface area contributed by atoms with Gasteiger partial charge in [-0.25, -0.2) is 5.43 Å². The Morgan fingerprint density at radius 1 is 1.42 bits per heavy atom. The van der Waals surface area contributed by atoms with Gasteiger partial charge in [-0.2, -0.15) is 5.12 Å². The van der Waals surface area contributed by atoms with E-state index in [0.29, 0.717) is 6.54 Å². The van der Waals surface area contributed by atoms with Gasteiger partial charge >= 0.3 is 25.3 Å². The van der Waals surface area contributed by atoms with Gasteiger partial charge in [0.25, 0.3) is 0 Å². The summed E-state index contributed by atoms with van der Waals surface area (Å²) in [6.45, 7) is 1.44. The summed E-state index contributed by atoms with van der Waals surface area (Å²) >= 11 is 17.3. The fraction of sp³-hybridized carbons (Fsp3) is 0.600. The second kappa shape index (κ2) is 11.0. The predicted octanol–water partition coefficient (Wildman–Crippen LogP) is -1.12. The SMILES string of the molecule is ONON(C(=S)[S-])N(C(=S)[S-])N1CCCN1.[O]=[Mo+2]=[O]. The first kappa shape index (κ1) is 19.3. The van der Waals surface area contributed by atoms with E-state index in [2.05, 4.69) is 10.4 Å². The van der Waals surface area contributed by atoms with Crippen LogP contribution in [-0.2, 0) is 55.5 Å². The van der Waals surface area contributed by atoms with Crippen molar-refractivity contribution in [2.45, 2.75) is 6.42 Å². The van der Waals surface area contributed by atoms with E-state index in [-0.39, 0.29) is 8.64 Å². The van der Waals surface area contributed by atoms with Gasteiger partial charge in [0.05, 0.1) is 0 Å². The number of hydrogen-bond donors (Lipinski definition) is 3. The minimum atomic E-state index is -2.03. The first-order valence-electron chi connectivity index (χ1n) is 4.50. The molecule has 0 amide bonds. The van der Waals surface area contributed by atoms with Crippen molar-refractivity contribution in [3.05, 3.63) is 0 Å².